The van der Waals surface area contributed by atoms with Crippen LogP contribution in [0.25, 0.3) is 5.65 Å². The van der Waals surface area contributed by atoms with E-state index in [4.69, 9.17) is 0 Å². The van der Waals surface area contributed by atoms with Crippen LogP contribution in [0.3, 0.4) is 0 Å². The Kier molecular flexibility index (Phi) is 5.32. The Balaban J connectivity index is 0.00000208. The first-order chi connectivity index (χ1) is 11.0. The van der Waals surface area contributed by atoms with Crippen molar-refractivity contribution in [1.82, 2.24) is 14.7 Å². The second-order valence-corrected chi connectivity index (χ2v) is 5.89. The molecule has 7 heteroatoms. The number of hydrogen-bond donors (Lipinski definition) is 1. The number of carbonyl (C=O) groups excluding carboxylic acids is 2. The van der Waals surface area contributed by atoms with Gasteiger partial charge in [-0.2, -0.15) is 0 Å². The summed E-state index contributed by atoms with van der Waals surface area (Å²) in [6.45, 7) is 2.36. The minimum Gasteiger partial charge on any atom is -0.545 e. The van der Waals surface area contributed by atoms with Gasteiger partial charge in [-0.15, -0.1) is 0 Å². The van der Waals surface area contributed by atoms with E-state index in [0.29, 0.717) is 24.3 Å². The third-order valence-electron chi connectivity index (χ3n) is 3.99. The van der Waals surface area contributed by atoms with Crippen molar-refractivity contribution in [2.24, 2.45) is 5.41 Å². The number of pyridine rings is 1. The number of allylic oxidation sites excluding steroid dienone is 1. The molecule has 3 rings (SSSR count). The smallest absolute Gasteiger partial charge is 0.545 e. The van der Waals surface area contributed by atoms with Gasteiger partial charge in [0.2, 0.25) is 0 Å². The van der Waals surface area contributed by atoms with E-state index >= 15 is 0 Å². The number of nitrogens with one attached hydrogen (secondary N) is 1. The molecular weight excluding hydrogens is 301 g/mol. The molecule has 2 aromatic rings. The molecule has 118 valence electrons. The minimum atomic E-state index is -1.18. The van der Waals surface area contributed by atoms with E-state index in [1.807, 2.05) is 25.1 Å². The van der Waals surface area contributed by atoms with Crippen molar-refractivity contribution >= 4 is 17.5 Å². The van der Waals surface area contributed by atoms with Crippen LogP contribution in [0.4, 0.5) is 0 Å². The Morgan fingerprint density at radius 1 is 1.42 bits per heavy atom. The van der Waals surface area contributed by atoms with Gasteiger partial charge in [0.05, 0.1) is 12.2 Å². The number of carbonyl (C=O) groups is 2. The first-order valence-electron chi connectivity index (χ1n) is 7.30. The maximum atomic E-state index is 12.4. The number of imidazole rings is 1. The van der Waals surface area contributed by atoms with Crippen LogP contribution in [0.15, 0.2) is 54.4 Å². The number of amides is 1. The summed E-state index contributed by atoms with van der Waals surface area (Å²) < 4.78 is 1.72. The second kappa shape index (κ2) is 7.08. The van der Waals surface area contributed by atoms with Crippen LogP contribution in [0.2, 0.25) is 0 Å². The summed E-state index contributed by atoms with van der Waals surface area (Å²) in [7, 11) is 0. The van der Waals surface area contributed by atoms with Crippen molar-refractivity contribution in [2.45, 2.75) is 13.3 Å². The summed E-state index contributed by atoms with van der Waals surface area (Å²) in [5.41, 5.74) is 1.03. The molecule has 1 aliphatic carbocycles. The van der Waals surface area contributed by atoms with E-state index in [1.165, 1.54) is 12.3 Å². The van der Waals surface area contributed by atoms with E-state index in [0.717, 1.165) is 0 Å². The van der Waals surface area contributed by atoms with Crippen molar-refractivity contribution in [2.75, 3.05) is 6.54 Å². The molecule has 0 saturated carbocycles. The maximum absolute atomic E-state index is 12.4. The summed E-state index contributed by atoms with van der Waals surface area (Å²) in [6, 6.07) is 5.52. The number of fused-ring (bicyclic) bond motifs is 1. The minimum absolute atomic E-state index is 0. The average Bonchev–Trinajstić information content (AvgIpc) is 2.97. The Labute approximate surface area is 151 Å². The first-order valence-corrected chi connectivity index (χ1v) is 7.30. The molecule has 1 unspecified atom stereocenters. The van der Waals surface area contributed by atoms with Gasteiger partial charge in [-0.25, -0.2) is 4.98 Å². The number of nitrogens with zero attached hydrogens (tertiary/aromatic N) is 2. The molecule has 0 radical (unpaired) electrons. The topological polar surface area (TPSA) is 86.5 Å². The predicted molar refractivity (Wildman–Crippen MR) is 82.5 cm³/mol. The van der Waals surface area contributed by atoms with Crippen LogP contribution < -0.4 is 29.3 Å². The molecule has 1 amide bonds. The number of aliphatic carboxylic acids is 1. The Bertz CT molecular complexity index is 840. The van der Waals surface area contributed by atoms with Crippen molar-refractivity contribution in [3.63, 3.8) is 0 Å². The number of carboxylic acid groups (broad SMARTS) is 1. The van der Waals surface area contributed by atoms with Crippen molar-refractivity contribution in [3.8, 4) is 0 Å². The fourth-order valence-corrected chi connectivity index (χ4v) is 2.53. The fraction of sp³-hybridized carbons (Fsp3) is 0.235. The normalized spacial score (nSPS) is 19.5. The zero-order valence-corrected chi connectivity index (χ0v) is 13.7. The van der Waals surface area contributed by atoms with E-state index in [9.17, 15) is 14.7 Å². The van der Waals surface area contributed by atoms with Crippen molar-refractivity contribution in [3.05, 3.63) is 60.1 Å². The van der Waals surface area contributed by atoms with Gasteiger partial charge in [-0.1, -0.05) is 31.2 Å². The summed E-state index contributed by atoms with van der Waals surface area (Å²) in [6.07, 6.45) is 8.80. The zero-order valence-electron chi connectivity index (χ0n) is 13.7. The van der Waals surface area contributed by atoms with Gasteiger partial charge in [-0.05, 0) is 24.1 Å². The number of carboxylic acids is 1. The first kappa shape index (κ1) is 18.1. The molecule has 1 N–H and O–H groups in total. The van der Waals surface area contributed by atoms with Crippen LogP contribution in [0.5, 0.6) is 0 Å². The Morgan fingerprint density at radius 2 is 2.21 bits per heavy atom. The Hall–Kier alpha value is -2.29. The van der Waals surface area contributed by atoms with Gasteiger partial charge in [0, 0.05) is 18.2 Å². The standard InChI is InChI=1S/C17H17N3O3.Li/c1-17(7-5-12(6-8-17)16(22)23)11-19-15(21)13-10-18-14-4-2-3-9-20(13)14;/h2-7,9-10H,8,11H2,1H3,(H,19,21)(H,22,23);/q;+1/p-1. The second-order valence-electron chi connectivity index (χ2n) is 5.89. The van der Waals surface area contributed by atoms with E-state index in [2.05, 4.69) is 10.3 Å². The fourth-order valence-electron chi connectivity index (χ4n) is 2.53. The average molecular weight is 317 g/mol. The monoisotopic (exact) mass is 317 g/mol. The van der Waals surface area contributed by atoms with Gasteiger partial charge in [0.25, 0.3) is 5.91 Å². The zero-order chi connectivity index (χ0) is 16.4. The summed E-state index contributed by atoms with van der Waals surface area (Å²) in [5, 5.41) is 13.7. The number of aromatic nitrogens is 2. The van der Waals surface area contributed by atoms with Crippen LogP contribution >= 0.6 is 0 Å². The molecule has 0 fully saturated rings. The molecule has 0 saturated heterocycles. The van der Waals surface area contributed by atoms with Gasteiger partial charge in [0.15, 0.2) is 0 Å². The maximum Gasteiger partial charge on any atom is 1.00 e. The predicted octanol–water partition coefficient (Wildman–Crippen LogP) is -2.29. The van der Waals surface area contributed by atoms with Crippen LogP contribution in [0.1, 0.15) is 23.8 Å². The number of rotatable bonds is 4. The van der Waals surface area contributed by atoms with Gasteiger partial charge in [0.1, 0.15) is 11.3 Å². The molecule has 24 heavy (non-hydrogen) atoms. The third-order valence-corrected chi connectivity index (χ3v) is 3.99. The van der Waals surface area contributed by atoms with Crippen LogP contribution in [-0.2, 0) is 4.79 Å². The largest absolute Gasteiger partial charge is 1.00 e. The van der Waals surface area contributed by atoms with Crippen LogP contribution in [0, 0.1) is 5.41 Å². The number of hydrogen-bond acceptors (Lipinski definition) is 4. The Morgan fingerprint density at radius 3 is 2.88 bits per heavy atom. The van der Waals surface area contributed by atoms with E-state index in [-0.39, 0.29) is 35.8 Å². The summed E-state index contributed by atoms with van der Waals surface area (Å²) >= 11 is 0. The van der Waals surface area contributed by atoms with E-state index < -0.39 is 5.97 Å². The quantitative estimate of drug-likeness (QED) is 0.643. The molecule has 0 spiro atoms. The molecule has 2 heterocycles. The SMILES string of the molecule is CC1(CNC(=O)c2cnc3ccccn23)C=CC(C(=O)[O-])=CC1.[Li+]. The molecule has 1 atom stereocenters. The molecule has 0 bridgehead atoms. The van der Waals surface area contributed by atoms with Crippen LogP contribution in [-0.4, -0.2) is 27.8 Å². The van der Waals surface area contributed by atoms with E-state index in [1.54, 1.807) is 22.7 Å². The summed E-state index contributed by atoms with van der Waals surface area (Å²) in [5.74, 6) is -1.40. The molecule has 0 aliphatic heterocycles. The van der Waals surface area contributed by atoms with Gasteiger partial charge in [-0.3, -0.25) is 9.20 Å². The molecule has 0 aromatic carbocycles. The molecule has 2 aromatic heterocycles. The molecular formula is C17H16LiN3O3. The molecule has 6 nitrogen and oxygen atoms in total. The van der Waals surface area contributed by atoms with Gasteiger partial charge >= 0.3 is 18.9 Å². The third kappa shape index (κ3) is 3.61. The molecule has 1 aliphatic rings. The van der Waals surface area contributed by atoms with Crippen molar-refractivity contribution < 1.29 is 33.6 Å². The van der Waals surface area contributed by atoms with Crippen molar-refractivity contribution in [1.29, 1.82) is 0 Å². The summed E-state index contributed by atoms with van der Waals surface area (Å²) in [4.78, 5) is 27.4. The van der Waals surface area contributed by atoms with Gasteiger partial charge < -0.3 is 15.2 Å².